The minimum Gasteiger partial charge on any atom is -0.476 e. The van der Waals surface area contributed by atoms with Gasteiger partial charge in [0.1, 0.15) is 12.4 Å². The van der Waals surface area contributed by atoms with Gasteiger partial charge in [-0.25, -0.2) is 9.59 Å². The van der Waals surface area contributed by atoms with Crippen LogP contribution >= 0.6 is 0 Å². The van der Waals surface area contributed by atoms with Crippen molar-refractivity contribution in [3.63, 3.8) is 0 Å². The highest BCUT2D eigenvalue weighted by Crippen LogP contribution is 2.44. The molecule has 53 heavy (non-hydrogen) atoms. The number of methoxy groups -OCH3 is 1. The smallest absolute Gasteiger partial charge is 0.417 e. The van der Waals surface area contributed by atoms with Gasteiger partial charge in [0.15, 0.2) is 5.60 Å². The van der Waals surface area contributed by atoms with Crippen LogP contribution in [-0.4, -0.2) is 90.9 Å². The maximum absolute atomic E-state index is 14.8. The number of alkyl carbamates (subject to hydrolysis) is 1. The molecule has 0 bridgehead atoms. The molecule has 2 aliphatic heterocycles. The number of benzene rings is 2. The number of nitrogens with one attached hydrogen (secondary N) is 1. The van der Waals surface area contributed by atoms with Gasteiger partial charge in [0.05, 0.1) is 28.8 Å². The van der Waals surface area contributed by atoms with Crippen LogP contribution in [0.4, 0.5) is 23.7 Å². The van der Waals surface area contributed by atoms with E-state index in [-0.39, 0.29) is 43.7 Å². The number of fused-ring (bicyclic) bond motifs is 1. The molecule has 292 valence electrons. The van der Waals surface area contributed by atoms with Crippen molar-refractivity contribution in [2.45, 2.75) is 104 Å². The third-order valence-electron chi connectivity index (χ3n) is 9.15. The summed E-state index contributed by atoms with van der Waals surface area (Å²) in [6.45, 7) is 11.6. The van der Waals surface area contributed by atoms with Crippen molar-refractivity contribution in [2.75, 3.05) is 38.3 Å². The van der Waals surface area contributed by atoms with Crippen molar-refractivity contribution in [2.24, 2.45) is 5.41 Å². The summed E-state index contributed by atoms with van der Waals surface area (Å²) in [7, 11) is 1.56. The van der Waals surface area contributed by atoms with Gasteiger partial charge in [-0.1, -0.05) is 30.3 Å². The number of hydrogen-bond donors (Lipinski definition) is 1. The van der Waals surface area contributed by atoms with Crippen LogP contribution in [0.5, 0.6) is 5.75 Å². The topological polar surface area (TPSA) is 127 Å². The normalized spacial score (nSPS) is 18.9. The Morgan fingerprint density at radius 3 is 2.36 bits per heavy atom. The number of hydroxylamine groups is 2. The summed E-state index contributed by atoms with van der Waals surface area (Å²) in [6.07, 6.45) is -4.24. The molecule has 12 nitrogen and oxygen atoms in total. The van der Waals surface area contributed by atoms with Gasteiger partial charge in [0, 0.05) is 44.9 Å². The molecule has 0 saturated carbocycles. The number of carbonyl (C=O) groups excluding carboxylic acids is 4. The molecule has 2 heterocycles. The molecule has 1 N–H and O–H groups in total. The van der Waals surface area contributed by atoms with Crippen LogP contribution in [-0.2, 0) is 36.7 Å². The summed E-state index contributed by atoms with van der Waals surface area (Å²) in [5.74, 6) is -2.20. The Morgan fingerprint density at radius 1 is 1.08 bits per heavy atom. The minimum atomic E-state index is -4.96. The molecular weight excluding hydrogens is 697 g/mol. The van der Waals surface area contributed by atoms with Crippen molar-refractivity contribution < 1.29 is 51.4 Å². The monoisotopic (exact) mass is 748 g/mol. The number of hydrogen-bond acceptors (Lipinski definition) is 9. The summed E-state index contributed by atoms with van der Waals surface area (Å²) >= 11 is 0. The van der Waals surface area contributed by atoms with E-state index in [1.165, 1.54) is 28.7 Å². The van der Waals surface area contributed by atoms with E-state index >= 15 is 0 Å². The summed E-state index contributed by atoms with van der Waals surface area (Å²) in [6, 6.07) is 9.41. The first-order valence-electron chi connectivity index (χ1n) is 17.8. The molecule has 15 heteroatoms. The molecule has 3 amide bonds. The van der Waals surface area contributed by atoms with Crippen LogP contribution in [0.1, 0.15) is 89.2 Å². The van der Waals surface area contributed by atoms with Crippen molar-refractivity contribution in [3.05, 3.63) is 59.2 Å². The number of rotatable bonds is 12. The molecule has 0 aliphatic carbocycles. The fraction of sp³-hybridized carbons (Fsp3) is 0.579. The molecule has 2 aromatic carbocycles. The van der Waals surface area contributed by atoms with Gasteiger partial charge < -0.3 is 34.2 Å². The lowest BCUT2D eigenvalue weighted by Crippen LogP contribution is -2.56. The van der Waals surface area contributed by atoms with E-state index in [0.29, 0.717) is 25.9 Å². The van der Waals surface area contributed by atoms with Gasteiger partial charge >= 0.3 is 18.2 Å². The Hall–Kier alpha value is -4.37. The van der Waals surface area contributed by atoms with Crippen LogP contribution < -0.4 is 15.0 Å². The standard InChI is InChI=1S/C38H51F3N4O8/c1-24(2)45(27-15-14-26(16-19-50-8)44(22-27)53-34(48)36(3,4)5)32(46)28-20-30-31(21-29(28)38(39,40)41)52-37(6,7)33(47)43(30)18-17-42-35(49)51-23-25-12-10-9-11-13-25/h9-13,20-21,24,26-27H,14-19,22-23H2,1-8H3,(H,42,49). The van der Waals surface area contributed by atoms with E-state index in [0.717, 1.165) is 17.7 Å². The molecule has 0 radical (unpaired) electrons. The van der Waals surface area contributed by atoms with Gasteiger partial charge in [0.25, 0.3) is 11.8 Å². The SMILES string of the molecule is COCCC1CCC(N(C(=O)c2cc3c(cc2C(F)(F)F)OC(C)(C)C(=O)N3CCNC(=O)OCc2ccccc2)C(C)C)CN1OC(=O)C(C)(C)C. The second-order valence-corrected chi connectivity index (χ2v) is 15.1. The molecule has 0 aromatic heterocycles. The average molecular weight is 749 g/mol. The predicted octanol–water partition coefficient (Wildman–Crippen LogP) is 6.36. The molecule has 1 fully saturated rings. The lowest BCUT2D eigenvalue weighted by Gasteiger charge is -2.44. The number of piperidine rings is 1. The third-order valence-corrected chi connectivity index (χ3v) is 9.15. The summed E-state index contributed by atoms with van der Waals surface area (Å²) < 4.78 is 60.6. The third kappa shape index (κ3) is 10.2. The molecule has 2 aliphatic rings. The van der Waals surface area contributed by atoms with E-state index in [1.54, 1.807) is 66.0 Å². The molecule has 4 rings (SSSR count). The number of carbonyl (C=O) groups is 4. The zero-order valence-corrected chi connectivity index (χ0v) is 31.7. The lowest BCUT2D eigenvalue weighted by atomic mass is 9.94. The number of ether oxygens (including phenoxy) is 3. The van der Waals surface area contributed by atoms with Crippen LogP contribution in [0.25, 0.3) is 0 Å². The quantitative estimate of drug-likeness (QED) is 0.264. The van der Waals surface area contributed by atoms with Crippen molar-refractivity contribution in [3.8, 4) is 5.75 Å². The predicted molar refractivity (Wildman–Crippen MR) is 190 cm³/mol. The Morgan fingerprint density at radius 2 is 1.75 bits per heavy atom. The lowest BCUT2D eigenvalue weighted by molar-refractivity contribution is -0.223. The van der Waals surface area contributed by atoms with Crippen LogP contribution in [0, 0.1) is 5.41 Å². The van der Waals surface area contributed by atoms with Crippen molar-refractivity contribution in [1.29, 1.82) is 0 Å². The number of anilines is 1. The van der Waals surface area contributed by atoms with Gasteiger partial charge in [-0.05, 0) is 85.4 Å². The fourth-order valence-electron chi connectivity index (χ4n) is 6.35. The highest BCUT2D eigenvalue weighted by Gasteiger charge is 2.46. The van der Waals surface area contributed by atoms with Gasteiger partial charge in [-0.3, -0.25) is 9.59 Å². The van der Waals surface area contributed by atoms with Crippen molar-refractivity contribution in [1.82, 2.24) is 15.3 Å². The first-order chi connectivity index (χ1) is 24.7. The first-order valence-corrected chi connectivity index (χ1v) is 17.8. The molecule has 2 unspecified atom stereocenters. The van der Waals surface area contributed by atoms with E-state index in [4.69, 9.17) is 19.0 Å². The molecule has 2 atom stereocenters. The van der Waals surface area contributed by atoms with E-state index in [9.17, 15) is 32.3 Å². The first kappa shape index (κ1) is 41.4. The zero-order chi connectivity index (χ0) is 39.3. The number of amides is 3. The molecule has 0 spiro atoms. The van der Waals surface area contributed by atoms with E-state index in [1.807, 2.05) is 6.07 Å². The Kier molecular flexibility index (Phi) is 13.1. The highest BCUT2D eigenvalue weighted by molar-refractivity contribution is 6.05. The Labute approximate surface area is 308 Å². The minimum absolute atomic E-state index is 0.0165. The maximum atomic E-state index is 14.8. The summed E-state index contributed by atoms with van der Waals surface area (Å²) in [5.41, 5.74) is -3.53. The second-order valence-electron chi connectivity index (χ2n) is 15.1. The Balaban J connectivity index is 1.65. The number of alkyl halides is 3. The van der Waals surface area contributed by atoms with Crippen LogP contribution in [0.15, 0.2) is 42.5 Å². The summed E-state index contributed by atoms with van der Waals surface area (Å²) in [4.78, 5) is 61.9. The molecular formula is C38H51F3N4O8. The fourth-order valence-corrected chi connectivity index (χ4v) is 6.35. The Bertz CT molecular complexity index is 1630. The largest absolute Gasteiger partial charge is 0.476 e. The van der Waals surface area contributed by atoms with Crippen LogP contribution in [0.2, 0.25) is 0 Å². The average Bonchev–Trinajstić information content (AvgIpc) is 3.07. The number of halogens is 3. The number of nitrogens with zero attached hydrogens (tertiary/aromatic N) is 3. The highest BCUT2D eigenvalue weighted by atomic mass is 19.4. The molecule has 1 saturated heterocycles. The van der Waals surface area contributed by atoms with Crippen LogP contribution in [0.3, 0.4) is 0 Å². The van der Waals surface area contributed by atoms with Gasteiger partial charge in [0.2, 0.25) is 0 Å². The van der Waals surface area contributed by atoms with Crippen molar-refractivity contribution >= 4 is 29.6 Å². The van der Waals surface area contributed by atoms with Gasteiger partial charge in [-0.15, -0.1) is 5.06 Å². The summed E-state index contributed by atoms with van der Waals surface area (Å²) in [5, 5.41) is 4.09. The maximum Gasteiger partial charge on any atom is 0.417 e. The second kappa shape index (κ2) is 16.8. The van der Waals surface area contributed by atoms with E-state index < -0.39 is 64.3 Å². The van der Waals surface area contributed by atoms with Gasteiger partial charge in [-0.2, -0.15) is 13.2 Å². The molecule has 2 aromatic rings. The zero-order valence-electron chi connectivity index (χ0n) is 31.7. The van der Waals surface area contributed by atoms with E-state index in [2.05, 4.69) is 5.32 Å².